The Hall–Kier alpha value is -2.10. The molecule has 2 rings (SSSR count). The molecule has 1 aromatic carbocycles. The molecule has 1 aromatic heterocycles. The van der Waals surface area contributed by atoms with E-state index in [0.29, 0.717) is 19.4 Å². The van der Waals surface area contributed by atoms with Crippen molar-refractivity contribution in [2.24, 2.45) is 0 Å². The Balaban J connectivity index is 2.46. The van der Waals surface area contributed by atoms with E-state index in [1.165, 1.54) is 0 Å². The molecule has 0 fully saturated rings. The summed E-state index contributed by atoms with van der Waals surface area (Å²) in [5, 5.41) is 0. The molecular weight excluding hydrogens is 276 g/mol. The van der Waals surface area contributed by atoms with E-state index in [1.807, 2.05) is 37.3 Å². The first kappa shape index (κ1) is 16.3. The van der Waals surface area contributed by atoms with Gasteiger partial charge in [0, 0.05) is 24.2 Å². The van der Waals surface area contributed by atoms with E-state index in [-0.39, 0.29) is 11.2 Å². The van der Waals surface area contributed by atoms with Crippen molar-refractivity contribution in [1.29, 1.82) is 0 Å². The molecular formula is C18H24N2O2. The van der Waals surface area contributed by atoms with Gasteiger partial charge in [-0.25, -0.2) is 4.79 Å². The van der Waals surface area contributed by atoms with Crippen molar-refractivity contribution in [2.75, 3.05) is 0 Å². The first-order valence-electron chi connectivity index (χ1n) is 8.06. The van der Waals surface area contributed by atoms with Gasteiger partial charge in [0.2, 0.25) is 0 Å². The lowest BCUT2D eigenvalue weighted by Gasteiger charge is -2.15. The first-order valence-corrected chi connectivity index (χ1v) is 8.06. The second kappa shape index (κ2) is 7.78. The van der Waals surface area contributed by atoms with Gasteiger partial charge in [-0.2, -0.15) is 0 Å². The predicted octanol–water partition coefficient (Wildman–Crippen LogP) is 2.88. The molecule has 4 nitrogen and oxygen atoms in total. The Bertz CT molecular complexity index is 714. The van der Waals surface area contributed by atoms with Gasteiger partial charge in [-0.1, -0.05) is 57.0 Å². The summed E-state index contributed by atoms with van der Waals surface area (Å²) < 4.78 is 1.75. The second-order valence-electron chi connectivity index (χ2n) is 5.56. The van der Waals surface area contributed by atoms with Crippen molar-refractivity contribution in [1.82, 2.24) is 9.55 Å². The molecule has 0 radical (unpaired) electrons. The van der Waals surface area contributed by atoms with Crippen LogP contribution in [0.25, 0.3) is 0 Å². The summed E-state index contributed by atoms with van der Waals surface area (Å²) in [5.41, 5.74) is 2.17. The third kappa shape index (κ3) is 3.75. The SMILES string of the molecule is CCCCCn1c(Cc2ccccc2)c(CC)c(=O)[nH]c1=O. The van der Waals surface area contributed by atoms with Gasteiger partial charge in [0.1, 0.15) is 0 Å². The van der Waals surface area contributed by atoms with Crippen LogP contribution in [0.15, 0.2) is 39.9 Å². The number of nitrogens with one attached hydrogen (secondary N) is 1. The zero-order chi connectivity index (χ0) is 15.9. The smallest absolute Gasteiger partial charge is 0.297 e. The standard InChI is InChI=1S/C18H24N2O2/c1-3-5-9-12-20-16(13-14-10-7-6-8-11-14)15(4-2)17(21)19-18(20)22/h6-8,10-11H,3-5,9,12-13H2,1-2H3,(H,19,21,22). The van der Waals surface area contributed by atoms with Crippen LogP contribution in [0.3, 0.4) is 0 Å². The van der Waals surface area contributed by atoms with E-state index < -0.39 is 0 Å². The molecule has 22 heavy (non-hydrogen) atoms. The highest BCUT2D eigenvalue weighted by Crippen LogP contribution is 2.12. The molecule has 4 heteroatoms. The number of benzene rings is 1. The zero-order valence-corrected chi connectivity index (χ0v) is 13.4. The van der Waals surface area contributed by atoms with E-state index in [4.69, 9.17) is 0 Å². The predicted molar refractivity (Wildman–Crippen MR) is 89.5 cm³/mol. The van der Waals surface area contributed by atoms with Gasteiger partial charge in [0.15, 0.2) is 0 Å². The van der Waals surface area contributed by atoms with E-state index in [2.05, 4.69) is 11.9 Å². The summed E-state index contributed by atoms with van der Waals surface area (Å²) in [6.07, 6.45) is 4.39. The van der Waals surface area contributed by atoms with Gasteiger partial charge < -0.3 is 0 Å². The Morgan fingerprint density at radius 1 is 1.05 bits per heavy atom. The summed E-state index contributed by atoms with van der Waals surface area (Å²) in [6.45, 7) is 4.76. The minimum Gasteiger partial charge on any atom is -0.297 e. The molecule has 0 saturated heterocycles. The van der Waals surface area contributed by atoms with Crippen LogP contribution in [-0.4, -0.2) is 9.55 Å². The van der Waals surface area contributed by atoms with Gasteiger partial charge in [0.05, 0.1) is 0 Å². The van der Waals surface area contributed by atoms with Crippen molar-refractivity contribution in [3.63, 3.8) is 0 Å². The highest BCUT2D eigenvalue weighted by atomic mass is 16.2. The topological polar surface area (TPSA) is 54.9 Å². The fourth-order valence-corrected chi connectivity index (χ4v) is 2.77. The fraction of sp³-hybridized carbons (Fsp3) is 0.444. The van der Waals surface area contributed by atoms with Gasteiger partial charge in [0.25, 0.3) is 5.56 Å². The maximum Gasteiger partial charge on any atom is 0.328 e. The Morgan fingerprint density at radius 3 is 2.41 bits per heavy atom. The number of hydrogen-bond donors (Lipinski definition) is 1. The van der Waals surface area contributed by atoms with Gasteiger partial charge in [-0.05, 0) is 18.4 Å². The summed E-state index contributed by atoms with van der Waals surface area (Å²) in [7, 11) is 0. The molecule has 0 unspecified atom stereocenters. The molecule has 0 aliphatic carbocycles. The van der Waals surface area contributed by atoms with E-state index in [9.17, 15) is 9.59 Å². The average molecular weight is 300 g/mol. The number of unbranched alkanes of at least 4 members (excludes halogenated alkanes) is 2. The Morgan fingerprint density at radius 2 is 1.77 bits per heavy atom. The highest BCUT2D eigenvalue weighted by Gasteiger charge is 2.13. The minimum atomic E-state index is -0.288. The van der Waals surface area contributed by atoms with Crippen LogP contribution in [-0.2, 0) is 19.4 Å². The van der Waals surface area contributed by atoms with Crippen LogP contribution in [0.2, 0.25) is 0 Å². The number of H-pyrrole nitrogens is 1. The zero-order valence-electron chi connectivity index (χ0n) is 13.4. The lowest BCUT2D eigenvalue weighted by molar-refractivity contribution is 0.552. The molecule has 2 aromatic rings. The number of aromatic amines is 1. The van der Waals surface area contributed by atoms with E-state index in [1.54, 1.807) is 4.57 Å². The number of nitrogens with zero attached hydrogens (tertiary/aromatic N) is 1. The summed E-state index contributed by atoms with van der Waals surface area (Å²) >= 11 is 0. The van der Waals surface area contributed by atoms with Crippen LogP contribution in [0.5, 0.6) is 0 Å². The average Bonchev–Trinajstić information content (AvgIpc) is 2.51. The normalized spacial score (nSPS) is 10.8. The second-order valence-corrected chi connectivity index (χ2v) is 5.56. The molecule has 1 N–H and O–H groups in total. The maximum absolute atomic E-state index is 12.2. The largest absolute Gasteiger partial charge is 0.328 e. The molecule has 0 saturated carbocycles. The fourth-order valence-electron chi connectivity index (χ4n) is 2.77. The minimum absolute atomic E-state index is 0.245. The Kier molecular flexibility index (Phi) is 5.75. The van der Waals surface area contributed by atoms with Crippen LogP contribution in [0.1, 0.15) is 49.9 Å². The van der Waals surface area contributed by atoms with Crippen molar-refractivity contribution in [3.8, 4) is 0 Å². The van der Waals surface area contributed by atoms with Crippen LogP contribution in [0.4, 0.5) is 0 Å². The number of aromatic nitrogens is 2. The van der Waals surface area contributed by atoms with Gasteiger partial charge in [-0.3, -0.25) is 14.3 Å². The third-order valence-electron chi connectivity index (χ3n) is 3.97. The van der Waals surface area contributed by atoms with Crippen LogP contribution < -0.4 is 11.2 Å². The number of rotatable bonds is 7. The number of hydrogen-bond acceptors (Lipinski definition) is 2. The molecule has 118 valence electrons. The Labute approximate surface area is 130 Å². The monoisotopic (exact) mass is 300 g/mol. The van der Waals surface area contributed by atoms with Crippen molar-refractivity contribution in [3.05, 3.63) is 68.0 Å². The molecule has 0 amide bonds. The van der Waals surface area contributed by atoms with E-state index >= 15 is 0 Å². The summed E-state index contributed by atoms with van der Waals surface area (Å²) in [6, 6.07) is 9.99. The molecule has 0 bridgehead atoms. The maximum atomic E-state index is 12.2. The quantitative estimate of drug-likeness (QED) is 0.799. The molecule has 0 aliphatic heterocycles. The van der Waals surface area contributed by atoms with Gasteiger partial charge in [-0.15, -0.1) is 0 Å². The summed E-state index contributed by atoms with van der Waals surface area (Å²) in [4.78, 5) is 26.8. The van der Waals surface area contributed by atoms with Gasteiger partial charge >= 0.3 is 5.69 Å². The molecule has 0 spiro atoms. The van der Waals surface area contributed by atoms with E-state index in [0.717, 1.165) is 36.1 Å². The molecule has 0 atom stereocenters. The van der Waals surface area contributed by atoms with Crippen molar-refractivity contribution >= 4 is 0 Å². The molecule has 0 aliphatic rings. The highest BCUT2D eigenvalue weighted by molar-refractivity contribution is 5.27. The first-order chi connectivity index (χ1) is 10.7. The van der Waals surface area contributed by atoms with Crippen molar-refractivity contribution < 1.29 is 0 Å². The lowest BCUT2D eigenvalue weighted by Crippen LogP contribution is -2.35. The lowest BCUT2D eigenvalue weighted by atomic mass is 10.0. The van der Waals surface area contributed by atoms with Crippen LogP contribution in [0, 0.1) is 0 Å². The van der Waals surface area contributed by atoms with Crippen LogP contribution >= 0.6 is 0 Å². The molecule has 1 heterocycles. The van der Waals surface area contributed by atoms with Crippen molar-refractivity contribution in [2.45, 2.75) is 52.5 Å². The summed E-state index contributed by atoms with van der Waals surface area (Å²) in [5.74, 6) is 0. The third-order valence-corrected chi connectivity index (χ3v) is 3.97.